The van der Waals surface area contributed by atoms with E-state index in [0.717, 1.165) is 238 Å². The van der Waals surface area contributed by atoms with Gasteiger partial charge in [-0.05, 0) is 164 Å². The maximum absolute atomic E-state index is 4.94. The summed E-state index contributed by atoms with van der Waals surface area (Å²) in [6.45, 7) is 6.02. The average molecular weight is 1740 g/mol. The molecule has 25 rings (SSSR count). The summed E-state index contributed by atoms with van der Waals surface area (Å²) in [4.78, 5) is 83.5. The van der Waals surface area contributed by atoms with Crippen LogP contribution in [0.15, 0.2) is 298 Å². The van der Waals surface area contributed by atoms with Crippen molar-refractivity contribution in [3.05, 3.63) is 373 Å². The Balaban J connectivity index is 0.000000100. The van der Waals surface area contributed by atoms with E-state index < -0.39 is 0 Å². The van der Waals surface area contributed by atoms with E-state index in [1.807, 2.05) is 81.6 Å². The molecule has 15 heterocycles. The molecule has 0 aliphatic carbocycles. The maximum atomic E-state index is 4.94. The quantitative estimate of drug-likeness (QED) is 0.0924. The van der Waals surface area contributed by atoms with Gasteiger partial charge >= 0.3 is 0 Å². The molecule has 0 unspecified atom stereocenters. The summed E-state index contributed by atoms with van der Waals surface area (Å²) in [5.74, 6) is 7.85. The smallest absolute Gasteiger partial charge is 0.159 e. The minimum atomic E-state index is 0.751. The molecule has 23 nitrogen and oxygen atoms in total. The van der Waals surface area contributed by atoms with Gasteiger partial charge in [-0.2, -0.15) is 0 Å². The van der Waals surface area contributed by atoms with Gasteiger partial charge in [0.15, 0.2) is 5.65 Å². The van der Waals surface area contributed by atoms with E-state index in [-0.39, 0.29) is 0 Å². The Bertz CT molecular complexity index is 8080. The third-order valence-corrected chi connectivity index (χ3v) is 25.5. The summed E-state index contributed by atoms with van der Waals surface area (Å²) in [5, 5.41) is 15.3. The van der Waals surface area contributed by atoms with E-state index in [2.05, 4.69) is 313 Å². The largest absolute Gasteiger partial charge is 0.331 e. The summed E-state index contributed by atoms with van der Waals surface area (Å²) in [7, 11) is 10.4. The van der Waals surface area contributed by atoms with Crippen molar-refractivity contribution in [3.8, 4) is 0 Å². The van der Waals surface area contributed by atoms with Crippen LogP contribution in [0.1, 0.15) is 75.1 Å². The Labute approximate surface area is 765 Å². The van der Waals surface area contributed by atoms with Crippen molar-refractivity contribution >= 4 is 164 Å². The molecule has 0 saturated heterocycles. The number of rotatable bonds is 15. The van der Waals surface area contributed by atoms with Crippen molar-refractivity contribution in [2.45, 2.75) is 85.0 Å². The number of aryl methyl sites for hydroxylation is 18. The highest BCUT2D eigenvalue weighted by atomic mass is 15.1. The maximum Gasteiger partial charge on any atom is 0.159 e. The summed E-state index contributed by atoms with van der Waals surface area (Å²) in [6.07, 6.45) is 20.6. The van der Waals surface area contributed by atoms with E-state index in [4.69, 9.17) is 34.9 Å². The van der Waals surface area contributed by atoms with Crippen LogP contribution >= 0.6 is 0 Å². The lowest BCUT2D eigenvalue weighted by Crippen LogP contribution is -2.05. The Morgan fingerprint density at radius 1 is 0.203 bits per heavy atom. The Morgan fingerprint density at radius 2 is 0.556 bits per heavy atom. The summed E-state index contributed by atoms with van der Waals surface area (Å²) in [5.41, 5.74) is 22.5. The molecule has 0 radical (unpaired) electrons. The first-order chi connectivity index (χ1) is 65.2. The van der Waals surface area contributed by atoms with Gasteiger partial charge in [-0.15, -0.1) is 0 Å². The molecule has 0 fully saturated rings. The first kappa shape index (κ1) is 83.4. The molecule has 0 N–H and O–H groups in total. The summed E-state index contributed by atoms with van der Waals surface area (Å²) in [6, 6.07) is 87.6. The van der Waals surface area contributed by atoms with Gasteiger partial charge in [0, 0.05) is 184 Å². The number of fused-ring (bicyclic) bond motifs is 20. The van der Waals surface area contributed by atoms with Crippen molar-refractivity contribution in [3.63, 3.8) is 0 Å². The lowest BCUT2D eigenvalue weighted by Gasteiger charge is -2.05. The Morgan fingerprint density at radius 3 is 1.03 bits per heavy atom. The summed E-state index contributed by atoms with van der Waals surface area (Å²) < 4.78 is 10.9. The molecule has 15 aromatic heterocycles. The molecule has 0 bridgehead atoms. The Hall–Kier alpha value is -16.6. The van der Waals surface area contributed by atoms with Crippen LogP contribution in [0.5, 0.6) is 0 Å². The monoisotopic (exact) mass is 1740 g/mol. The van der Waals surface area contributed by atoms with Crippen LogP contribution in [0.4, 0.5) is 0 Å². The summed E-state index contributed by atoms with van der Waals surface area (Å²) >= 11 is 0. The number of imidazole rings is 5. The predicted molar refractivity (Wildman–Crippen MR) is 533 cm³/mol. The van der Waals surface area contributed by atoms with Crippen molar-refractivity contribution in [2.75, 3.05) is 0 Å². The van der Waals surface area contributed by atoms with Crippen molar-refractivity contribution in [1.82, 2.24) is 113 Å². The van der Waals surface area contributed by atoms with Crippen LogP contribution in [-0.4, -0.2) is 113 Å². The van der Waals surface area contributed by atoms with E-state index in [1.165, 1.54) is 64.9 Å². The fraction of sp³-hybridized carbons (Fsp3) is 0.164. The van der Waals surface area contributed by atoms with Crippen molar-refractivity contribution in [1.29, 1.82) is 0 Å². The van der Waals surface area contributed by atoms with E-state index in [0.29, 0.717) is 0 Å². The molecule has 133 heavy (non-hydrogen) atoms. The number of benzene rings is 10. The molecule has 0 saturated carbocycles. The predicted octanol–water partition coefficient (Wildman–Crippen LogP) is 21.4. The van der Waals surface area contributed by atoms with Crippen LogP contribution in [-0.2, 0) is 99.4 Å². The van der Waals surface area contributed by atoms with Crippen LogP contribution in [0, 0.1) is 20.8 Å². The van der Waals surface area contributed by atoms with Crippen LogP contribution in [0.2, 0.25) is 0 Å². The zero-order valence-electron chi connectivity index (χ0n) is 75.1. The van der Waals surface area contributed by atoms with Gasteiger partial charge in [0.2, 0.25) is 0 Å². The van der Waals surface area contributed by atoms with Gasteiger partial charge in [-0.1, -0.05) is 152 Å². The molecular weight excluding hydrogens is 1640 g/mol. The lowest BCUT2D eigenvalue weighted by atomic mass is 10.1. The van der Waals surface area contributed by atoms with Crippen LogP contribution in [0.3, 0.4) is 0 Å². The molecule has 0 aliphatic rings. The van der Waals surface area contributed by atoms with Gasteiger partial charge < -0.3 is 22.8 Å². The Kier molecular flexibility index (Phi) is 22.7. The number of aromatic nitrogens is 23. The normalized spacial score (nSPS) is 11.6. The van der Waals surface area contributed by atoms with Crippen molar-refractivity contribution < 1.29 is 0 Å². The average Bonchev–Trinajstić information content (AvgIpc) is 1.63. The standard InChI is InChI=1S/3C22H19N5.2C22H18N4/c1-14-21-17(8-5-13-23-21)25-19(24-14)11-12-20-26-22-16-7-4-3-6-15(16)9-10-18(22)27(20)2;1-14-16-11-12-23-13-18(16)25-20(24-14)9-10-21-26-22-17-6-4-3-5-15(17)7-8-19(22)27(21)2;1-14-17-13-23-12-11-18(17)25-20(24-14)9-10-21-26-22-16-6-4-3-5-15(16)7-8-19(22)27(21)2;1-26-19-12-9-15-5-2-3-7-18(15)21(19)25-20(26)13-11-17-10-8-16-6-4-14-23-22(16)24-17;1-26-20-12-8-15-5-2-3-6-17(15)22(20)25-21(26)13-10-16-9-11-18-19(24-16)7-4-14-23-18/h3-10,13H,11-12H2,1-2H3;2*3-8,11-13H,9-10H2,1-2H3;2-10,12,14H,11,13H2,1H3;2-9,11-12,14H,10,13H2,1H3. The SMILES string of the molecule is Cc1nc(CCc2nc3c4ccccc4ccc3n2C)nc2cccnc12.Cc1nc(CCc2nc3c4ccccc4ccc3n2C)nc2ccncc12.Cc1nc(CCc2nc3c4ccccc4ccc3n2C)nc2cnccc12.Cn1c(CCc2ccc3cccnc3n2)nc2c3ccccc3ccc21.Cn1c(CCc2ccc3ncccc3n2)nc2c3ccccc3ccc21. The zero-order chi connectivity index (χ0) is 90.2. The highest BCUT2D eigenvalue weighted by Gasteiger charge is 2.20. The molecular formula is C110H93N23. The third kappa shape index (κ3) is 16.8. The minimum Gasteiger partial charge on any atom is -0.331 e. The molecule has 0 atom stereocenters. The third-order valence-electron chi connectivity index (χ3n) is 25.5. The topological polar surface area (TPSA) is 257 Å². The second-order valence-corrected chi connectivity index (χ2v) is 33.7. The van der Waals surface area contributed by atoms with Crippen molar-refractivity contribution in [2.24, 2.45) is 35.2 Å². The van der Waals surface area contributed by atoms with Gasteiger partial charge in [0.05, 0.1) is 100 Å². The number of hydrogen-bond acceptors (Lipinski definition) is 18. The number of nitrogens with zero attached hydrogens (tertiary/aromatic N) is 23. The van der Waals surface area contributed by atoms with Crippen LogP contribution in [0.25, 0.3) is 164 Å². The van der Waals surface area contributed by atoms with Crippen LogP contribution < -0.4 is 0 Å². The van der Waals surface area contributed by atoms with E-state index in [1.54, 1.807) is 37.2 Å². The zero-order valence-corrected chi connectivity index (χ0v) is 75.1. The second-order valence-electron chi connectivity index (χ2n) is 33.7. The molecule has 648 valence electrons. The van der Waals surface area contributed by atoms with E-state index in [9.17, 15) is 0 Å². The number of pyridine rings is 7. The highest BCUT2D eigenvalue weighted by molar-refractivity contribution is 6.08. The molecule has 0 amide bonds. The second kappa shape index (κ2) is 36.2. The van der Waals surface area contributed by atoms with E-state index >= 15 is 0 Å². The molecule has 25 aromatic rings. The minimum absolute atomic E-state index is 0.751. The van der Waals surface area contributed by atoms with Gasteiger partial charge in [0.25, 0.3) is 0 Å². The molecule has 10 aromatic carbocycles. The first-order valence-corrected chi connectivity index (χ1v) is 45.0. The molecule has 0 aliphatic heterocycles. The molecule has 0 spiro atoms. The van der Waals surface area contributed by atoms with Gasteiger partial charge in [0.1, 0.15) is 52.1 Å². The van der Waals surface area contributed by atoms with Gasteiger partial charge in [-0.25, -0.2) is 64.8 Å². The molecule has 23 heteroatoms. The number of hydrogen-bond donors (Lipinski definition) is 0. The fourth-order valence-corrected chi connectivity index (χ4v) is 18.3. The fourth-order valence-electron chi connectivity index (χ4n) is 18.3. The van der Waals surface area contributed by atoms with Gasteiger partial charge in [-0.3, -0.25) is 24.9 Å². The highest BCUT2D eigenvalue weighted by Crippen LogP contribution is 2.33. The first-order valence-electron chi connectivity index (χ1n) is 45.0. The lowest BCUT2D eigenvalue weighted by molar-refractivity contribution is 0.759.